The molecule has 0 radical (unpaired) electrons. The zero-order valence-electron chi connectivity index (χ0n) is 15.3. The summed E-state index contributed by atoms with van der Waals surface area (Å²) in [5.41, 5.74) is 2.09. The van der Waals surface area contributed by atoms with Crippen LogP contribution in [0.3, 0.4) is 0 Å². The molecule has 0 atom stereocenters. The van der Waals surface area contributed by atoms with Crippen LogP contribution in [0, 0.1) is 0 Å². The van der Waals surface area contributed by atoms with E-state index in [1.54, 1.807) is 30.5 Å². The molecule has 0 bridgehead atoms. The van der Waals surface area contributed by atoms with Crippen molar-refractivity contribution < 1.29 is 14.3 Å². The predicted octanol–water partition coefficient (Wildman–Crippen LogP) is 4.17. The largest absolute Gasteiger partial charge is 0.474 e. The smallest absolute Gasteiger partial charge is 0.283 e. The van der Waals surface area contributed by atoms with Crippen LogP contribution in [0.2, 0.25) is 0 Å². The summed E-state index contributed by atoms with van der Waals surface area (Å²) in [5.74, 6) is 1.27. The first-order chi connectivity index (χ1) is 13.7. The van der Waals surface area contributed by atoms with Crippen molar-refractivity contribution in [1.82, 2.24) is 19.9 Å². The summed E-state index contributed by atoms with van der Waals surface area (Å²) in [7, 11) is 0. The van der Waals surface area contributed by atoms with E-state index in [1.165, 1.54) is 6.20 Å². The normalized spacial score (nSPS) is 10.8. The van der Waals surface area contributed by atoms with Crippen molar-refractivity contribution in [3.63, 3.8) is 0 Å². The second kappa shape index (κ2) is 7.87. The Hall–Kier alpha value is -3.74. The number of ketones is 1. The number of aromatic amines is 1. The molecule has 4 rings (SSSR count). The summed E-state index contributed by atoms with van der Waals surface area (Å²) in [6, 6.07) is 14.3. The molecular formula is C21H18N4O3. The van der Waals surface area contributed by atoms with Gasteiger partial charge in [0.15, 0.2) is 5.82 Å². The third kappa shape index (κ3) is 3.68. The lowest BCUT2D eigenvalue weighted by molar-refractivity contribution is 0.103. The number of carbonyl (C=O) groups excluding carboxylic acids is 1. The van der Waals surface area contributed by atoms with Crippen LogP contribution in [-0.4, -0.2) is 32.3 Å². The van der Waals surface area contributed by atoms with E-state index in [4.69, 9.17) is 9.47 Å². The van der Waals surface area contributed by atoms with Crippen LogP contribution >= 0.6 is 0 Å². The van der Waals surface area contributed by atoms with Crippen LogP contribution in [-0.2, 0) is 0 Å². The van der Waals surface area contributed by atoms with E-state index in [0.29, 0.717) is 29.6 Å². The van der Waals surface area contributed by atoms with E-state index in [2.05, 4.69) is 19.9 Å². The number of imidazole rings is 1. The Kier molecular flexibility index (Phi) is 4.97. The maximum atomic E-state index is 12.7. The molecule has 0 aliphatic heterocycles. The van der Waals surface area contributed by atoms with Gasteiger partial charge in [-0.25, -0.2) is 15.0 Å². The standard InChI is InChI=1S/C21H18N4O3/c1-2-13-27-20-21(23-12-11-22-20)28-15-9-7-14(8-10-15)18(26)19-24-16-5-3-4-6-17(16)25-19/h3-12H,2,13H2,1H3,(H,24,25). The highest BCUT2D eigenvalue weighted by Crippen LogP contribution is 2.27. The van der Waals surface area contributed by atoms with E-state index < -0.39 is 0 Å². The third-order valence-corrected chi connectivity index (χ3v) is 4.01. The van der Waals surface area contributed by atoms with Crippen molar-refractivity contribution in [3.8, 4) is 17.5 Å². The van der Waals surface area contributed by atoms with E-state index in [1.807, 2.05) is 31.2 Å². The Labute approximate surface area is 161 Å². The van der Waals surface area contributed by atoms with Gasteiger partial charge in [0.2, 0.25) is 5.78 Å². The van der Waals surface area contributed by atoms with Gasteiger partial charge in [-0.1, -0.05) is 19.1 Å². The number of nitrogens with one attached hydrogen (secondary N) is 1. The Morgan fingerprint density at radius 1 is 1.00 bits per heavy atom. The van der Waals surface area contributed by atoms with Crippen molar-refractivity contribution in [2.24, 2.45) is 0 Å². The lowest BCUT2D eigenvalue weighted by Crippen LogP contribution is -2.04. The molecule has 140 valence electrons. The molecule has 7 nitrogen and oxygen atoms in total. The number of benzene rings is 2. The fourth-order valence-corrected chi connectivity index (χ4v) is 2.66. The van der Waals surface area contributed by atoms with Gasteiger partial charge >= 0.3 is 0 Å². The minimum Gasteiger partial charge on any atom is -0.474 e. The van der Waals surface area contributed by atoms with Gasteiger partial charge in [-0.05, 0) is 42.8 Å². The molecule has 0 saturated heterocycles. The number of para-hydroxylation sites is 2. The van der Waals surface area contributed by atoms with Gasteiger partial charge in [0.25, 0.3) is 11.8 Å². The van der Waals surface area contributed by atoms with Crippen LogP contribution in [0.15, 0.2) is 60.9 Å². The number of rotatable bonds is 7. The van der Waals surface area contributed by atoms with E-state index >= 15 is 0 Å². The SMILES string of the molecule is CCCOc1nccnc1Oc1ccc(C(=O)c2nc3ccccc3[nH]2)cc1. The quantitative estimate of drug-likeness (QED) is 0.489. The highest BCUT2D eigenvalue weighted by Gasteiger charge is 2.15. The van der Waals surface area contributed by atoms with Gasteiger partial charge in [0.1, 0.15) is 5.75 Å². The maximum Gasteiger partial charge on any atom is 0.283 e. The molecule has 0 aliphatic rings. The van der Waals surface area contributed by atoms with Gasteiger partial charge in [0, 0.05) is 18.0 Å². The second-order valence-electron chi connectivity index (χ2n) is 6.07. The van der Waals surface area contributed by atoms with Crippen LogP contribution < -0.4 is 9.47 Å². The highest BCUT2D eigenvalue weighted by molar-refractivity contribution is 6.08. The van der Waals surface area contributed by atoms with Gasteiger partial charge in [-0.2, -0.15) is 0 Å². The molecule has 0 aliphatic carbocycles. The van der Waals surface area contributed by atoms with Crippen molar-refractivity contribution in [2.45, 2.75) is 13.3 Å². The molecular weight excluding hydrogens is 356 g/mol. The Morgan fingerprint density at radius 2 is 1.75 bits per heavy atom. The molecule has 0 saturated carbocycles. The van der Waals surface area contributed by atoms with Crippen molar-refractivity contribution in [3.05, 3.63) is 72.3 Å². The number of nitrogens with zero attached hydrogens (tertiary/aromatic N) is 3. The zero-order chi connectivity index (χ0) is 19.3. The molecule has 2 aromatic carbocycles. The van der Waals surface area contributed by atoms with Gasteiger partial charge in [0.05, 0.1) is 17.6 Å². The Morgan fingerprint density at radius 3 is 2.50 bits per heavy atom. The van der Waals surface area contributed by atoms with Crippen molar-refractivity contribution >= 4 is 16.8 Å². The number of hydrogen-bond acceptors (Lipinski definition) is 6. The summed E-state index contributed by atoms with van der Waals surface area (Å²) in [4.78, 5) is 28.4. The Bertz CT molecular complexity index is 1070. The fourth-order valence-electron chi connectivity index (χ4n) is 2.66. The van der Waals surface area contributed by atoms with Crippen molar-refractivity contribution in [1.29, 1.82) is 0 Å². The number of fused-ring (bicyclic) bond motifs is 1. The van der Waals surface area contributed by atoms with Crippen LogP contribution in [0.25, 0.3) is 11.0 Å². The van der Waals surface area contributed by atoms with E-state index in [-0.39, 0.29) is 11.7 Å². The average Bonchev–Trinajstić information content (AvgIpc) is 3.17. The van der Waals surface area contributed by atoms with Gasteiger partial charge < -0.3 is 14.5 Å². The maximum absolute atomic E-state index is 12.7. The van der Waals surface area contributed by atoms with Crippen LogP contribution in [0.1, 0.15) is 29.5 Å². The fraction of sp³-hybridized carbons (Fsp3) is 0.143. The van der Waals surface area contributed by atoms with Crippen molar-refractivity contribution in [2.75, 3.05) is 6.61 Å². The molecule has 7 heteroatoms. The molecule has 0 fully saturated rings. The first-order valence-electron chi connectivity index (χ1n) is 8.96. The molecule has 0 amide bonds. The summed E-state index contributed by atoms with van der Waals surface area (Å²) in [5, 5.41) is 0. The summed E-state index contributed by atoms with van der Waals surface area (Å²) < 4.78 is 11.3. The van der Waals surface area contributed by atoms with Crippen LogP contribution in [0.5, 0.6) is 17.5 Å². The number of aromatic nitrogens is 4. The summed E-state index contributed by atoms with van der Waals surface area (Å²) >= 11 is 0. The van der Waals surface area contributed by atoms with E-state index in [9.17, 15) is 4.79 Å². The first kappa shape index (κ1) is 17.7. The van der Waals surface area contributed by atoms with Crippen LogP contribution in [0.4, 0.5) is 0 Å². The number of hydrogen-bond donors (Lipinski definition) is 1. The zero-order valence-corrected chi connectivity index (χ0v) is 15.3. The molecule has 0 unspecified atom stereocenters. The molecule has 0 spiro atoms. The topological polar surface area (TPSA) is 90.0 Å². The molecule has 4 aromatic rings. The molecule has 1 N–H and O–H groups in total. The van der Waals surface area contributed by atoms with Gasteiger partial charge in [-0.15, -0.1) is 0 Å². The lowest BCUT2D eigenvalue weighted by Gasteiger charge is -2.09. The average molecular weight is 374 g/mol. The number of H-pyrrole nitrogens is 1. The lowest BCUT2D eigenvalue weighted by atomic mass is 10.1. The molecule has 2 heterocycles. The van der Waals surface area contributed by atoms with Gasteiger partial charge in [-0.3, -0.25) is 4.79 Å². The first-order valence-corrected chi connectivity index (χ1v) is 8.96. The second-order valence-corrected chi connectivity index (χ2v) is 6.07. The predicted molar refractivity (Wildman–Crippen MR) is 104 cm³/mol. The van der Waals surface area contributed by atoms with E-state index in [0.717, 1.165) is 17.5 Å². The molecule has 2 aromatic heterocycles. The number of carbonyl (C=O) groups is 1. The molecule has 28 heavy (non-hydrogen) atoms. The number of ether oxygens (including phenoxy) is 2. The minimum atomic E-state index is -0.186. The summed E-state index contributed by atoms with van der Waals surface area (Å²) in [6.07, 6.45) is 3.94. The highest BCUT2D eigenvalue weighted by atomic mass is 16.5. The Balaban J connectivity index is 1.52. The minimum absolute atomic E-state index is 0.186. The monoisotopic (exact) mass is 374 g/mol. The summed E-state index contributed by atoms with van der Waals surface area (Å²) in [6.45, 7) is 2.54. The third-order valence-electron chi connectivity index (χ3n) is 4.01.